The molecule has 4 aromatic rings. The second-order valence-electron chi connectivity index (χ2n) is 6.67. The molecule has 1 aromatic heterocycles. The zero-order valence-electron chi connectivity index (χ0n) is 15.8. The second-order valence-corrected chi connectivity index (χ2v) is 7.58. The number of aromatic nitrogens is 1. The molecule has 0 unspecified atom stereocenters. The summed E-state index contributed by atoms with van der Waals surface area (Å²) in [5, 5.41) is 6.45. The summed E-state index contributed by atoms with van der Waals surface area (Å²) in [6.07, 6.45) is 3.87. The van der Waals surface area contributed by atoms with E-state index in [0.717, 1.165) is 21.1 Å². The normalized spacial score (nSPS) is 12.1. The van der Waals surface area contributed by atoms with Gasteiger partial charge >= 0.3 is 0 Å². The molecule has 1 heterocycles. The Bertz CT molecular complexity index is 1160. The molecular weight excluding hydrogens is 426 g/mol. The summed E-state index contributed by atoms with van der Waals surface area (Å²) < 4.78 is 2.98. The molecule has 0 saturated carbocycles. The summed E-state index contributed by atoms with van der Waals surface area (Å²) in [6, 6.07) is 26.5. The molecule has 0 aliphatic heterocycles. The molecule has 3 aromatic carbocycles. The van der Waals surface area contributed by atoms with Gasteiger partial charge in [-0.15, -0.1) is 0 Å². The number of carbonyl (C=O) groups excluding carboxylic acids is 1. The predicted octanol–water partition coefficient (Wildman–Crippen LogP) is 5.72. The minimum atomic E-state index is -0.122. The number of rotatable bonds is 6. The number of hydrogen-bond donors (Lipinski definition) is 1. The van der Waals surface area contributed by atoms with Crippen LogP contribution in [-0.2, 0) is 11.3 Å². The zero-order valence-corrected chi connectivity index (χ0v) is 17.3. The first-order valence-corrected chi connectivity index (χ1v) is 10.2. The molecular formula is C24H20BrN3O. The number of benzene rings is 3. The van der Waals surface area contributed by atoms with Crippen LogP contribution in [0.25, 0.3) is 27.9 Å². The Hall–Kier alpha value is -3.18. The molecule has 5 heteroatoms. The van der Waals surface area contributed by atoms with Gasteiger partial charge in [0.25, 0.3) is 0 Å². The molecule has 0 spiro atoms. The predicted molar refractivity (Wildman–Crippen MR) is 124 cm³/mol. The van der Waals surface area contributed by atoms with Gasteiger partial charge in [0, 0.05) is 39.3 Å². The van der Waals surface area contributed by atoms with Crippen LogP contribution in [0.2, 0.25) is 0 Å². The zero-order chi connectivity index (χ0) is 20.1. The molecule has 0 fully saturated rings. The molecule has 0 bridgehead atoms. The number of fused-ring (bicyclic) bond motifs is 3. The fourth-order valence-electron chi connectivity index (χ4n) is 3.43. The highest BCUT2D eigenvalue weighted by Gasteiger charge is 2.10. The van der Waals surface area contributed by atoms with E-state index in [1.54, 1.807) is 6.21 Å². The van der Waals surface area contributed by atoms with Crippen molar-refractivity contribution in [1.82, 2.24) is 9.99 Å². The van der Waals surface area contributed by atoms with Crippen LogP contribution in [0.5, 0.6) is 0 Å². The Labute approximate surface area is 177 Å². The van der Waals surface area contributed by atoms with Crippen LogP contribution >= 0.6 is 15.9 Å². The third-order valence-electron chi connectivity index (χ3n) is 4.72. The molecule has 0 aliphatic rings. The smallest absolute Gasteiger partial charge is 0.241 e. The largest absolute Gasteiger partial charge is 0.340 e. The summed E-state index contributed by atoms with van der Waals surface area (Å²) in [7, 11) is 0. The number of nitrogens with one attached hydrogen (secondary N) is 1. The minimum absolute atomic E-state index is 0.122. The number of hydrazone groups is 1. The number of nitrogens with zero attached hydrogens (tertiary/aromatic N) is 2. The van der Waals surface area contributed by atoms with Crippen molar-refractivity contribution in [3.8, 4) is 0 Å². The molecule has 0 aliphatic carbocycles. The van der Waals surface area contributed by atoms with Gasteiger partial charge < -0.3 is 4.57 Å². The number of carbonyl (C=O) groups is 1. The molecule has 0 saturated heterocycles. The van der Waals surface area contributed by atoms with Crippen LogP contribution in [0.4, 0.5) is 0 Å². The minimum Gasteiger partial charge on any atom is -0.340 e. The third kappa shape index (κ3) is 4.46. The van der Waals surface area contributed by atoms with Crippen LogP contribution in [-0.4, -0.2) is 16.7 Å². The number of para-hydroxylation sites is 2. The van der Waals surface area contributed by atoms with Gasteiger partial charge in [0.1, 0.15) is 0 Å². The van der Waals surface area contributed by atoms with E-state index in [-0.39, 0.29) is 5.91 Å². The van der Waals surface area contributed by atoms with Crippen LogP contribution in [0.1, 0.15) is 12.0 Å². The van der Waals surface area contributed by atoms with Crippen molar-refractivity contribution in [1.29, 1.82) is 0 Å². The fourth-order valence-corrected chi connectivity index (χ4v) is 3.79. The van der Waals surface area contributed by atoms with Gasteiger partial charge in [0.2, 0.25) is 5.91 Å². The van der Waals surface area contributed by atoms with E-state index in [9.17, 15) is 4.79 Å². The maximum absolute atomic E-state index is 12.3. The molecule has 1 amide bonds. The molecule has 4 rings (SSSR count). The monoisotopic (exact) mass is 445 g/mol. The first-order chi connectivity index (χ1) is 14.2. The fraction of sp³-hybridized carbons (Fsp3) is 0.0833. The maximum atomic E-state index is 12.3. The maximum Gasteiger partial charge on any atom is 0.241 e. The van der Waals surface area contributed by atoms with E-state index in [4.69, 9.17) is 0 Å². The van der Waals surface area contributed by atoms with Gasteiger partial charge in [-0.1, -0.05) is 66.7 Å². The second kappa shape index (κ2) is 8.88. The molecule has 0 atom stereocenters. The lowest BCUT2D eigenvalue weighted by Gasteiger charge is -2.06. The van der Waals surface area contributed by atoms with E-state index in [0.29, 0.717) is 13.0 Å². The standard InChI is InChI=1S/C24H20BrN3O/c25-19(16-18-8-2-1-3-9-18)17-26-27-24(29)14-15-28-22-12-6-4-10-20(22)21-11-5-7-13-23(21)28/h1-13,16-17H,14-15H2,(H,27,29)/b19-16-,26-17-. The molecule has 0 radical (unpaired) electrons. The van der Waals surface area contributed by atoms with E-state index in [1.165, 1.54) is 10.8 Å². The summed E-state index contributed by atoms with van der Waals surface area (Å²) in [5.74, 6) is -0.122. The quantitative estimate of drug-likeness (QED) is 0.299. The van der Waals surface area contributed by atoms with Gasteiger partial charge in [-0.3, -0.25) is 4.79 Å². The average molecular weight is 446 g/mol. The van der Waals surface area contributed by atoms with Crippen LogP contribution in [0.15, 0.2) is 88.4 Å². The van der Waals surface area contributed by atoms with Gasteiger partial charge in [0.05, 0.1) is 6.21 Å². The summed E-state index contributed by atoms with van der Waals surface area (Å²) in [4.78, 5) is 12.3. The Morgan fingerprint density at radius 2 is 1.48 bits per heavy atom. The van der Waals surface area contributed by atoms with Crippen LogP contribution in [0.3, 0.4) is 0 Å². The average Bonchev–Trinajstić information content (AvgIpc) is 3.07. The van der Waals surface area contributed by atoms with Gasteiger partial charge in [-0.2, -0.15) is 5.10 Å². The van der Waals surface area contributed by atoms with E-state index < -0.39 is 0 Å². The van der Waals surface area contributed by atoms with Crippen molar-refractivity contribution in [2.45, 2.75) is 13.0 Å². The van der Waals surface area contributed by atoms with Crippen molar-refractivity contribution >= 4 is 55.9 Å². The number of halogens is 1. The number of amides is 1. The highest BCUT2D eigenvalue weighted by molar-refractivity contribution is 9.12. The van der Waals surface area contributed by atoms with Gasteiger partial charge in [-0.05, 0) is 39.7 Å². The van der Waals surface area contributed by atoms with E-state index in [1.807, 2.05) is 60.7 Å². The molecule has 1 N–H and O–H groups in total. The van der Waals surface area contributed by atoms with Crippen molar-refractivity contribution in [3.63, 3.8) is 0 Å². The summed E-state index contributed by atoms with van der Waals surface area (Å²) >= 11 is 3.45. The molecule has 144 valence electrons. The lowest BCUT2D eigenvalue weighted by atomic mass is 10.2. The molecule has 29 heavy (non-hydrogen) atoms. The Kier molecular flexibility index (Phi) is 5.86. The van der Waals surface area contributed by atoms with Crippen LogP contribution < -0.4 is 5.43 Å². The SMILES string of the molecule is O=C(CCn1c2ccccc2c2ccccc21)N/N=C\C(Br)=C\c1ccccc1. The lowest BCUT2D eigenvalue weighted by molar-refractivity contribution is -0.121. The summed E-state index contributed by atoms with van der Waals surface area (Å²) in [5.41, 5.74) is 5.94. The van der Waals surface area contributed by atoms with E-state index >= 15 is 0 Å². The Morgan fingerprint density at radius 3 is 2.14 bits per heavy atom. The molecule has 4 nitrogen and oxygen atoms in total. The number of aryl methyl sites for hydroxylation is 1. The highest BCUT2D eigenvalue weighted by Crippen LogP contribution is 2.28. The van der Waals surface area contributed by atoms with Crippen molar-refractivity contribution in [2.24, 2.45) is 5.10 Å². The number of allylic oxidation sites excluding steroid dienone is 1. The number of hydrogen-bond acceptors (Lipinski definition) is 2. The first-order valence-electron chi connectivity index (χ1n) is 9.42. The Balaban J connectivity index is 1.42. The van der Waals surface area contributed by atoms with Crippen molar-refractivity contribution in [2.75, 3.05) is 0 Å². The van der Waals surface area contributed by atoms with Gasteiger partial charge in [0.15, 0.2) is 0 Å². The Morgan fingerprint density at radius 1 is 0.897 bits per heavy atom. The third-order valence-corrected chi connectivity index (χ3v) is 5.16. The first kappa shape index (κ1) is 19.2. The van der Waals surface area contributed by atoms with Gasteiger partial charge in [-0.25, -0.2) is 5.43 Å². The highest BCUT2D eigenvalue weighted by atomic mass is 79.9. The summed E-state index contributed by atoms with van der Waals surface area (Å²) in [6.45, 7) is 0.594. The van der Waals surface area contributed by atoms with Crippen molar-refractivity contribution < 1.29 is 4.79 Å². The van der Waals surface area contributed by atoms with Crippen LogP contribution in [0, 0.1) is 0 Å². The van der Waals surface area contributed by atoms with Crippen molar-refractivity contribution in [3.05, 3.63) is 88.9 Å². The van der Waals surface area contributed by atoms with E-state index in [2.05, 4.69) is 55.3 Å². The lowest BCUT2D eigenvalue weighted by Crippen LogP contribution is -2.19. The topological polar surface area (TPSA) is 46.4 Å².